The van der Waals surface area contributed by atoms with Gasteiger partial charge in [0.25, 0.3) is 0 Å². The summed E-state index contributed by atoms with van der Waals surface area (Å²) in [6, 6.07) is 0. The van der Waals surface area contributed by atoms with E-state index < -0.39 is 0 Å². The van der Waals surface area contributed by atoms with Crippen LogP contribution in [-0.2, 0) is 4.74 Å². The highest BCUT2D eigenvalue weighted by Gasteiger charge is 2.37. The van der Waals surface area contributed by atoms with Gasteiger partial charge in [-0.1, -0.05) is 6.42 Å². The molecule has 0 N–H and O–H groups in total. The standard InChI is InChI=1S/C9H16OS/c1-3-9(4-1)5-7-10-6-2-8-11-9/h1-8H2. The van der Waals surface area contributed by atoms with E-state index in [1.54, 1.807) is 0 Å². The zero-order chi connectivity index (χ0) is 7.57. The fraction of sp³-hybridized carbons (Fsp3) is 1.00. The van der Waals surface area contributed by atoms with Gasteiger partial charge in [-0.2, -0.15) is 11.8 Å². The summed E-state index contributed by atoms with van der Waals surface area (Å²) in [6.07, 6.45) is 6.90. The van der Waals surface area contributed by atoms with Crippen molar-refractivity contribution >= 4 is 11.8 Å². The molecule has 0 amide bonds. The fourth-order valence-electron chi connectivity index (χ4n) is 1.85. The number of hydrogen-bond donors (Lipinski definition) is 0. The molecule has 1 spiro atoms. The van der Waals surface area contributed by atoms with Crippen LogP contribution in [0, 0.1) is 0 Å². The van der Waals surface area contributed by atoms with Gasteiger partial charge in [-0.25, -0.2) is 0 Å². The molecule has 2 rings (SSSR count). The van der Waals surface area contributed by atoms with Gasteiger partial charge < -0.3 is 4.74 Å². The molecule has 1 aliphatic heterocycles. The number of thioether (sulfide) groups is 1. The van der Waals surface area contributed by atoms with E-state index >= 15 is 0 Å². The van der Waals surface area contributed by atoms with E-state index in [0.29, 0.717) is 4.75 Å². The lowest BCUT2D eigenvalue weighted by Crippen LogP contribution is -2.36. The first kappa shape index (κ1) is 7.93. The van der Waals surface area contributed by atoms with Crippen molar-refractivity contribution in [2.24, 2.45) is 0 Å². The number of hydrogen-bond acceptors (Lipinski definition) is 2. The first-order chi connectivity index (χ1) is 5.41. The molecule has 64 valence electrons. The van der Waals surface area contributed by atoms with Crippen molar-refractivity contribution in [3.05, 3.63) is 0 Å². The molecule has 0 aromatic rings. The highest BCUT2D eigenvalue weighted by atomic mass is 32.2. The summed E-state index contributed by atoms with van der Waals surface area (Å²) in [6.45, 7) is 2.00. The lowest BCUT2D eigenvalue weighted by atomic mass is 9.82. The topological polar surface area (TPSA) is 9.23 Å². The first-order valence-corrected chi connectivity index (χ1v) is 5.62. The molecule has 2 fully saturated rings. The van der Waals surface area contributed by atoms with Crippen molar-refractivity contribution in [1.82, 2.24) is 0 Å². The van der Waals surface area contributed by atoms with Gasteiger partial charge in [0, 0.05) is 18.0 Å². The van der Waals surface area contributed by atoms with Crippen molar-refractivity contribution in [3.63, 3.8) is 0 Å². The van der Waals surface area contributed by atoms with E-state index in [0.717, 1.165) is 13.2 Å². The maximum absolute atomic E-state index is 5.49. The molecule has 0 atom stereocenters. The molecule has 0 aromatic carbocycles. The van der Waals surface area contributed by atoms with E-state index in [4.69, 9.17) is 4.74 Å². The predicted molar refractivity (Wildman–Crippen MR) is 49.1 cm³/mol. The Bertz CT molecular complexity index is 122. The summed E-state index contributed by atoms with van der Waals surface area (Å²) in [5, 5.41) is 0. The van der Waals surface area contributed by atoms with Crippen LogP contribution in [0.25, 0.3) is 0 Å². The lowest BCUT2D eigenvalue weighted by Gasteiger charge is -2.42. The fourth-order valence-corrected chi connectivity index (χ4v) is 3.35. The van der Waals surface area contributed by atoms with Crippen molar-refractivity contribution in [3.8, 4) is 0 Å². The van der Waals surface area contributed by atoms with Crippen molar-refractivity contribution in [1.29, 1.82) is 0 Å². The predicted octanol–water partition coefficient (Wildman–Crippen LogP) is 2.45. The molecule has 1 saturated heterocycles. The van der Waals surface area contributed by atoms with Crippen LogP contribution in [0.2, 0.25) is 0 Å². The van der Waals surface area contributed by atoms with Crippen LogP contribution in [-0.4, -0.2) is 23.7 Å². The smallest absolute Gasteiger partial charge is 0.0479 e. The van der Waals surface area contributed by atoms with Crippen molar-refractivity contribution < 1.29 is 4.74 Å². The molecule has 1 saturated carbocycles. The monoisotopic (exact) mass is 172 g/mol. The zero-order valence-corrected chi connectivity index (χ0v) is 7.79. The maximum atomic E-state index is 5.49. The molecule has 0 bridgehead atoms. The summed E-state index contributed by atoms with van der Waals surface area (Å²) in [4.78, 5) is 0. The molecule has 0 aromatic heterocycles. The van der Waals surface area contributed by atoms with E-state index in [-0.39, 0.29) is 0 Å². The van der Waals surface area contributed by atoms with E-state index in [2.05, 4.69) is 11.8 Å². The largest absolute Gasteiger partial charge is 0.381 e. The molecule has 0 unspecified atom stereocenters. The van der Waals surface area contributed by atoms with Gasteiger partial charge in [0.2, 0.25) is 0 Å². The third-order valence-electron chi connectivity index (χ3n) is 2.81. The summed E-state index contributed by atoms with van der Waals surface area (Å²) in [7, 11) is 0. The van der Waals surface area contributed by atoms with Gasteiger partial charge in [-0.3, -0.25) is 0 Å². The number of ether oxygens (including phenoxy) is 1. The lowest BCUT2D eigenvalue weighted by molar-refractivity contribution is 0.111. The van der Waals surface area contributed by atoms with Gasteiger partial charge >= 0.3 is 0 Å². The Hall–Kier alpha value is 0.310. The van der Waals surface area contributed by atoms with Crippen molar-refractivity contribution in [2.45, 2.75) is 36.9 Å². The van der Waals surface area contributed by atoms with Gasteiger partial charge in [0.1, 0.15) is 0 Å². The minimum absolute atomic E-state index is 0.667. The highest BCUT2D eigenvalue weighted by molar-refractivity contribution is 8.00. The van der Waals surface area contributed by atoms with Crippen molar-refractivity contribution in [2.75, 3.05) is 19.0 Å². The van der Waals surface area contributed by atoms with Gasteiger partial charge in [-0.05, 0) is 31.4 Å². The van der Waals surface area contributed by atoms with Gasteiger partial charge in [0.05, 0.1) is 0 Å². The molecular weight excluding hydrogens is 156 g/mol. The van der Waals surface area contributed by atoms with Gasteiger partial charge in [-0.15, -0.1) is 0 Å². The molecule has 2 heteroatoms. The summed E-state index contributed by atoms with van der Waals surface area (Å²) in [5.41, 5.74) is 0. The van der Waals surface area contributed by atoms with E-state index in [9.17, 15) is 0 Å². The second-order valence-electron chi connectivity index (χ2n) is 3.60. The van der Waals surface area contributed by atoms with E-state index in [1.165, 1.54) is 37.9 Å². The van der Waals surface area contributed by atoms with Crippen LogP contribution >= 0.6 is 11.8 Å². The second kappa shape index (κ2) is 3.36. The number of rotatable bonds is 0. The summed E-state index contributed by atoms with van der Waals surface area (Å²) < 4.78 is 6.16. The van der Waals surface area contributed by atoms with Crippen LogP contribution in [0.5, 0.6) is 0 Å². The van der Waals surface area contributed by atoms with Crippen LogP contribution in [0.4, 0.5) is 0 Å². The van der Waals surface area contributed by atoms with Gasteiger partial charge in [0.15, 0.2) is 0 Å². The Morgan fingerprint density at radius 1 is 1.00 bits per heavy atom. The molecular formula is C9H16OS. The first-order valence-electron chi connectivity index (χ1n) is 4.63. The summed E-state index contributed by atoms with van der Waals surface area (Å²) in [5.74, 6) is 1.32. The molecule has 1 aliphatic carbocycles. The second-order valence-corrected chi connectivity index (χ2v) is 5.16. The van der Waals surface area contributed by atoms with Crippen LogP contribution in [0.1, 0.15) is 32.1 Å². The maximum Gasteiger partial charge on any atom is 0.0479 e. The van der Waals surface area contributed by atoms with Crippen LogP contribution in [0.15, 0.2) is 0 Å². The third kappa shape index (κ3) is 1.73. The molecule has 1 nitrogen and oxygen atoms in total. The SMILES string of the molecule is C1COCCC2(CCC2)SC1. The van der Waals surface area contributed by atoms with E-state index in [1.807, 2.05) is 0 Å². The Labute approximate surface area is 72.9 Å². The van der Waals surface area contributed by atoms with Crippen LogP contribution < -0.4 is 0 Å². The normalized spacial score (nSPS) is 30.5. The average Bonchev–Trinajstić information content (AvgIpc) is 1.82. The average molecular weight is 172 g/mol. The Kier molecular flexibility index (Phi) is 2.42. The Balaban J connectivity index is 1.86. The zero-order valence-electron chi connectivity index (χ0n) is 6.97. The quantitative estimate of drug-likeness (QED) is 0.555. The molecule has 0 radical (unpaired) electrons. The molecule has 11 heavy (non-hydrogen) atoms. The molecule has 1 heterocycles. The third-order valence-corrected chi connectivity index (χ3v) is 4.53. The minimum Gasteiger partial charge on any atom is -0.381 e. The Morgan fingerprint density at radius 2 is 1.91 bits per heavy atom. The highest BCUT2D eigenvalue weighted by Crippen LogP contribution is 2.47. The molecule has 2 aliphatic rings. The Morgan fingerprint density at radius 3 is 2.64 bits per heavy atom. The van der Waals surface area contributed by atoms with Crippen LogP contribution in [0.3, 0.4) is 0 Å². The summed E-state index contributed by atoms with van der Waals surface area (Å²) >= 11 is 2.21. The minimum atomic E-state index is 0.667.